The molecule has 4 rings (SSSR count). The third kappa shape index (κ3) is 4.84. The number of benzene rings is 3. The quantitative estimate of drug-likeness (QED) is 0.329. The van der Waals surface area contributed by atoms with Gasteiger partial charge in [-0.15, -0.1) is 0 Å². The second-order valence-corrected chi connectivity index (χ2v) is 10.5. The molecule has 3 aromatic rings. The van der Waals surface area contributed by atoms with E-state index in [0.29, 0.717) is 6.42 Å². The van der Waals surface area contributed by atoms with Gasteiger partial charge >= 0.3 is 0 Å². The molecule has 1 saturated heterocycles. The first kappa shape index (κ1) is 23.1. The van der Waals surface area contributed by atoms with Crippen LogP contribution < -0.4 is 0 Å². The van der Waals surface area contributed by atoms with Gasteiger partial charge in [0.25, 0.3) is 15.7 Å². The zero-order valence-electron chi connectivity index (χ0n) is 18.6. The van der Waals surface area contributed by atoms with E-state index in [2.05, 4.69) is 6.92 Å². The van der Waals surface area contributed by atoms with Crippen LogP contribution in [-0.2, 0) is 16.4 Å². The van der Waals surface area contributed by atoms with Gasteiger partial charge in [0.1, 0.15) is 0 Å². The first-order chi connectivity index (χ1) is 15.9. The third-order valence-electron chi connectivity index (χ3n) is 6.50. The summed E-state index contributed by atoms with van der Waals surface area (Å²) in [5.41, 5.74) is 1.68. The van der Waals surface area contributed by atoms with Crippen molar-refractivity contribution in [2.45, 2.75) is 49.6 Å². The lowest BCUT2D eigenvalue weighted by Gasteiger charge is -2.44. The van der Waals surface area contributed by atoms with Gasteiger partial charge in [0.15, 0.2) is 4.90 Å². The Hall–Kier alpha value is -3.03. The minimum Gasteiger partial charge on any atom is -0.258 e. The van der Waals surface area contributed by atoms with Gasteiger partial charge in [-0.25, -0.2) is 8.42 Å². The predicted molar refractivity (Wildman–Crippen MR) is 128 cm³/mol. The molecule has 0 amide bonds. The molecule has 1 aliphatic heterocycles. The van der Waals surface area contributed by atoms with Crippen LogP contribution in [0.15, 0.2) is 89.8 Å². The molecule has 6 nitrogen and oxygen atoms in total. The average molecular weight is 465 g/mol. The second-order valence-electron chi connectivity index (χ2n) is 8.65. The van der Waals surface area contributed by atoms with Crippen molar-refractivity contribution in [3.8, 4) is 0 Å². The molecule has 3 atom stereocenters. The summed E-state index contributed by atoms with van der Waals surface area (Å²) in [6.45, 7) is 2.06. The van der Waals surface area contributed by atoms with Crippen LogP contribution in [-0.4, -0.2) is 23.7 Å². The van der Waals surface area contributed by atoms with E-state index in [4.69, 9.17) is 0 Å². The summed E-state index contributed by atoms with van der Waals surface area (Å²) in [5, 5.41) is 11.7. The van der Waals surface area contributed by atoms with Gasteiger partial charge in [0.05, 0.1) is 11.0 Å². The minimum absolute atomic E-state index is 0.0814. The molecule has 0 N–H and O–H groups in total. The molecule has 0 spiro atoms. The molecule has 1 aliphatic rings. The Morgan fingerprint density at radius 2 is 1.52 bits per heavy atom. The lowest BCUT2D eigenvalue weighted by Crippen LogP contribution is -2.48. The number of aryl methyl sites for hydroxylation is 1. The number of hydrogen-bond donors (Lipinski definition) is 0. The Morgan fingerprint density at radius 1 is 0.909 bits per heavy atom. The van der Waals surface area contributed by atoms with Gasteiger partial charge in [0.2, 0.25) is 0 Å². The van der Waals surface area contributed by atoms with Crippen LogP contribution in [0, 0.1) is 16.0 Å². The Bertz CT molecular complexity index is 1200. The maximum atomic E-state index is 14.1. The van der Waals surface area contributed by atoms with Crippen molar-refractivity contribution in [2.75, 3.05) is 0 Å². The summed E-state index contributed by atoms with van der Waals surface area (Å²) < 4.78 is 29.7. The summed E-state index contributed by atoms with van der Waals surface area (Å²) in [4.78, 5) is 10.8. The summed E-state index contributed by atoms with van der Waals surface area (Å²) in [5.74, 6) is 0.0814. The number of nitro benzene ring substituents is 1. The second kappa shape index (κ2) is 9.85. The predicted octanol–water partition coefficient (Wildman–Crippen LogP) is 5.76. The van der Waals surface area contributed by atoms with Crippen LogP contribution in [0.5, 0.6) is 0 Å². The van der Waals surface area contributed by atoms with Crippen LogP contribution in [0.2, 0.25) is 0 Å². The van der Waals surface area contributed by atoms with E-state index in [1.54, 1.807) is 10.4 Å². The highest BCUT2D eigenvalue weighted by Crippen LogP contribution is 2.44. The van der Waals surface area contributed by atoms with Crippen LogP contribution >= 0.6 is 0 Å². The van der Waals surface area contributed by atoms with E-state index < -0.39 is 14.9 Å². The number of hydrogen-bond acceptors (Lipinski definition) is 4. The summed E-state index contributed by atoms with van der Waals surface area (Å²) in [7, 11) is -4.13. The first-order valence-corrected chi connectivity index (χ1v) is 12.7. The van der Waals surface area contributed by atoms with Gasteiger partial charge < -0.3 is 0 Å². The maximum Gasteiger partial charge on any atom is 0.289 e. The first-order valence-electron chi connectivity index (χ1n) is 11.3. The number of nitrogens with zero attached hydrogens (tertiary/aromatic N) is 2. The Kier molecular flexibility index (Phi) is 6.91. The standard InChI is InChI=1S/C26H28N2O4S/c1-20-16-18-23(19-17-21-10-4-2-5-11-21)27(26(20)22-12-6-3-7-13-22)33(31,32)25-15-9-8-14-24(25)28(29)30/h2-15,20,23,26H,16-19H2,1H3/t20-,23-,26-/m0/s1. The number of rotatable bonds is 7. The zero-order valence-corrected chi connectivity index (χ0v) is 19.4. The molecule has 1 heterocycles. The van der Waals surface area contributed by atoms with Crippen molar-refractivity contribution in [1.29, 1.82) is 0 Å². The monoisotopic (exact) mass is 464 g/mol. The molecule has 1 fully saturated rings. The topological polar surface area (TPSA) is 80.5 Å². The van der Waals surface area contributed by atoms with Gasteiger partial charge in [0, 0.05) is 12.1 Å². The van der Waals surface area contributed by atoms with Crippen LogP contribution in [0.3, 0.4) is 0 Å². The SMILES string of the molecule is C[C@H]1CC[C@@H](CCc2ccccc2)N(S(=O)(=O)c2ccccc2[N+](=O)[O-])[C@@H]1c1ccccc1. The number of piperidine rings is 1. The Balaban J connectivity index is 1.79. The van der Waals surface area contributed by atoms with Crippen molar-refractivity contribution in [3.05, 3.63) is 106 Å². The fraction of sp³-hybridized carbons (Fsp3) is 0.308. The highest BCUT2D eigenvalue weighted by atomic mass is 32.2. The molecular weight excluding hydrogens is 436 g/mol. The maximum absolute atomic E-state index is 14.1. The normalized spacial score (nSPS) is 21.5. The molecule has 0 aromatic heterocycles. The van der Waals surface area contributed by atoms with E-state index in [0.717, 1.165) is 30.4 Å². The van der Waals surface area contributed by atoms with E-state index in [-0.39, 0.29) is 28.6 Å². The van der Waals surface area contributed by atoms with Crippen molar-refractivity contribution < 1.29 is 13.3 Å². The van der Waals surface area contributed by atoms with E-state index in [9.17, 15) is 18.5 Å². The number of sulfonamides is 1. The molecule has 0 unspecified atom stereocenters. The van der Waals surface area contributed by atoms with Crippen molar-refractivity contribution in [1.82, 2.24) is 4.31 Å². The van der Waals surface area contributed by atoms with E-state index in [1.807, 2.05) is 60.7 Å². The number of nitro groups is 1. The molecule has 7 heteroatoms. The molecule has 0 aliphatic carbocycles. The van der Waals surface area contributed by atoms with Gasteiger partial charge in [-0.1, -0.05) is 79.7 Å². The summed E-state index contributed by atoms with van der Waals surface area (Å²) in [6, 6.07) is 24.6. The average Bonchev–Trinajstić information content (AvgIpc) is 2.84. The van der Waals surface area contributed by atoms with Crippen molar-refractivity contribution in [2.24, 2.45) is 5.92 Å². The van der Waals surface area contributed by atoms with Crippen LogP contribution in [0.1, 0.15) is 43.4 Å². The fourth-order valence-electron chi connectivity index (χ4n) is 4.88. The van der Waals surface area contributed by atoms with E-state index in [1.165, 1.54) is 18.2 Å². The highest BCUT2D eigenvalue weighted by Gasteiger charge is 2.45. The zero-order chi connectivity index (χ0) is 23.4. The molecule has 0 bridgehead atoms. The molecular formula is C26H28N2O4S. The number of para-hydroxylation sites is 1. The lowest BCUT2D eigenvalue weighted by atomic mass is 9.83. The highest BCUT2D eigenvalue weighted by molar-refractivity contribution is 7.89. The van der Waals surface area contributed by atoms with Gasteiger partial charge in [-0.05, 0) is 48.8 Å². The summed E-state index contributed by atoms with van der Waals surface area (Å²) in [6.07, 6.45) is 3.00. The lowest BCUT2D eigenvalue weighted by molar-refractivity contribution is -0.387. The molecule has 172 valence electrons. The smallest absolute Gasteiger partial charge is 0.258 e. The fourth-order valence-corrected chi connectivity index (χ4v) is 7.00. The minimum atomic E-state index is -4.13. The Morgan fingerprint density at radius 3 is 2.18 bits per heavy atom. The molecule has 3 aromatic carbocycles. The molecule has 33 heavy (non-hydrogen) atoms. The van der Waals surface area contributed by atoms with Crippen LogP contribution in [0.4, 0.5) is 5.69 Å². The van der Waals surface area contributed by atoms with E-state index >= 15 is 0 Å². The largest absolute Gasteiger partial charge is 0.289 e. The van der Waals surface area contributed by atoms with Gasteiger partial charge in [-0.2, -0.15) is 4.31 Å². The van der Waals surface area contributed by atoms with Gasteiger partial charge in [-0.3, -0.25) is 10.1 Å². The summed E-state index contributed by atoms with van der Waals surface area (Å²) >= 11 is 0. The van der Waals surface area contributed by atoms with Crippen LogP contribution in [0.25, 0.3) is 0 Å². The van der Waals surface area contributed by atoms with Crippen molar-refractivity contribution >= 4 is 15.7 Å². The van der Waals surface area contributed by atoms with Crippen molar-refractivity contribution in [3.63, 3.8) is 0 Å². The Labute approximate surface area is 195 Å². The third-order valence-corrected chi connectivity index (χ3v) is 8.48. The molecule has 0 saturated carbocycles. The molecule has 0 radical (unpaired) electrons.